The topological polar surface area (TPSA) is 76.2 Å². The molecule has 3 atom stereocenters. The highest BCUT2D eigenvalue weighted by atomic mass is 16.1. The summed E-state index contributed by atoms with van der Waals surface area (Å²) in [6.07, 6.45) is 0. The van der Waals surface area contributed by atoms with E-state index in [2.05, 4.69) is 22.2 Å². The number of carbonyl (C=O) groups is 1. The van der Waals surface area contributed by atoms with Gasteiger partial charge < -0.3 is 16.0 Å². The first kappa shape index (κ1) is 12.5. The van der Waals surface area contributed by atoms with Crippen LogP contribution >= 0.6 is 0 Å². The Morgan fingerprint density at radius 1 is 1.47 bits per heavy atom. The fourth-order valence-electron chi connectivity index (χ4n) is 3.71. The Morgan fingerprint density at radius 3 is 2.84 bits per heavy atom. The molecule has 3 N–H and O–H groups in total. The van der Waals surface area contributed by atoms with E-state index in [1.54, 1.807) is 4.68 Å². The summed E-state index contributed by atoms with van der Waals surface area (Å²) >= 11 is 0. The zero-order valence-electron chi connectivity index (χ0n) is 11.7. The third-order valence-electron chi connectivity index (χ3n) is 4.64. The number of nitrogens with zero attached hydrogens (tertiary/aromatic N) is 3. The van der Waals surface area contributed by atoms with Gasteiger partial charge in [-0.1, -0.05) is 0 Å². The van der Waals surface area contributed by atoms with Crippen molar-refractivity contribution < 1.29 is 4.79 Å². The van der Waals surface area contributed by atoms with Crippen LogP contribution in [0.15, 0.2) is 0 Å². The molecule has 1 aromatic heterocycles. The minimum Gasteiger partial charge on any atom is -0.365 e. The normalized spacial score (nSPS) is 29.8. The second-order valence-corrected chi connectivity index (χ2v) is 5.75. The van der Waals surface area contributed by atoms with Crippen molar-refractivity contribution in [2.45, 2.75) is 19.9 Å². The van der Waals surface area contributed by atoms with E-state index < -0.39 is 0 Å². The Bertz CT molecular complexity index is 523. The largest absolute Gasteiger partial charge is 0.365 e. The summed E-state index contributed by atoms with van der Waals surface area (Å²) in [5.74, 6) is 1.80. The van der Waals surface area contributed by atoms with Gasteiger partial charge in [-0.05, 0) is 25.7 Å². The van der Waals surface area contributed by atoms with E-state index in [1.165, 1.54) is 0 Å². The van der Waals surface area contributed by atoms with Crippen molar-refractivity contribution >= 4 is 11.7 Å². The Morgan fingerprint density at radius 2 is 2.21 bits per heavy atom. The standard InChI is InChI=1S/C13H21N5O/c1-7-11(12(14)19)13(17(3)16-7)18-6-9-4-15-5-10(9)8(18)2/h8-10,15H,4-6H2,1-3H3,(H2,14,19). The molecule has 2 aliphatic heterocycles. The Hall–Kier alpha value is -1.56. The summed E-state index contributed by atoms with van der Waals surface area (Å²) in [5, 5.41) is 7.81. The summed E-state index contributed by atoms with van der Waals surface area (Å²) in [4.78, 5) is 14.0. The highest BCUT2D eigenvalue weighted by Crippen LogP contribution is 2.37. The Balaban J connectivity index is 2.01. The molecular formula is C13H21N5O. The number of amides is 1. The summed E-state index contributed by atoms with van der Waals surface area (Å²) < 4.78 is 1.79. The minimum atomic E-state index is -0.386. The molecule has 0 spiro atoms. The van der Waals surface area contributed by atoms with Gasteiger partial charge in [-0.15, -0.1) is 0 Å². The number of carbonyl (C=O) groups excluding carboxylic acids is 1. The fourth-order valence-corrected chi connectivity index (χ4v) is 3.71. The highest BCUT2D eigenvalue weighted by molar-refractivity contribution is 5.99. The Labute approximate surface area is 112 Å². The average molecular weight is 263 g/mol. The molecule has 0 bridgehead atoms. The first-order valence-corrected chi connectivity index (χ1v) is 6.81. The van der Waals surface area contributed by atoms with Gasteiger partial charge in [0.25, 0.3) is 5.91 Å². The number of hydrogen-bond acceptors (Lipinski definition) is 4. The van der Waals surface area contributed by atoms with E-state index in [0.717, 1.165) is 25.5 Å². The molecule has 3 rings (SSSR count). The van der Waals surface area contributed by atoms with E-state index in [9.17, 15) is 4.79 Å². The SMILES string of the molecule is Cc1nn(C)c(N2CC3CNCC3C2C)c1C(N)=O. The predicted molar refractivity (Wildman–Crippen MR) is 73.1 cm³/mol. The molecular weight excluding hydrogens is 242 g/mol. The third-order valence-corrected chi connectivity index (χ3v) is 4.64. The quantitative estimate of drug-likeness (QED) is 0.779. The van der Waals surface area contributed by atoms with E-state index in [1.807, 2.05) is 14.0 Å². The second kappa shape index (κ2) is 4.23. The molecule has 3 heterocycles. The van der Waals surface area contributed by atoms with Gasteiger partial charge in [0.05, 0.1) is 5.69 Å². The lowest BCUT2D eigenvalue weighted by molar-refractivity contribution is 0.1000. The van der Waals surface area contributed by atoms with Crippen LogP contribution in [0.3, 0.4) is 0 Å². The lowest BCUT2D eigenvalue weighted by Gasteiger charge is -2.27. The number of primary amides is 1. The van der Waals surface area contributed by atoms with Crippen LogP contribution in [0, 0.1) is 18.8 Å². The zero-order valence-corrected chi connectivity index (χ0v) is 11.7. The molecule has 2 fully saturated rings. The van der Waals surface area contributed by atoms with Gasteiger partial charge >= 0.3 is 0 Å². The molecule has 104 valence electrons. The van der Waals surface area contributed by atoms with Crippen molar-refractivity contribution in [1.82, 2.24) is 15.1 Å². The molecule has 2 saturated heterocycles. The van der Waals surface area contributed by atoms with Gasteiger partial charge in [0.15, 0.2) is 0 Å². The van der Waals surface area contributed by atoms with Crippen molar-refractivity contribution in [3.63, 3.8) is 0 Å². The number of hydrogen-bond donors (Lipinski definition) is 2. The smallest absolute Gasteiger partial charge is 0.254 e. The highest BCUT2D eigenvalue weighted by Gasteiger charge is 2.43. The molecule has 6 nitrogen and oxygen atoms in total. The molecule has 0 radical (unpaired) electrons. The summed E-state index contributed by atoms with van der Waals surface area (Å²) in [6, 6.07) is 0.410. The molecule has 0 aromatic carbocycles. The number of aryl methyl sites for hydroxylation is 2. The van der Waals surface area contributed by atoms with Crippen LogP contribution in [0.2, 0.25) is 0 Å². The molecule has 6 heteroatoms. The van der Waals surface area contributed by atoms with Gasteiger partial charge in [0.1, 0.15) is 11.4 Å². The van der Waals surface area contributed by atoms with E-state index in [0.29, 0.717) is 29.1 Å². The van der Waals surface area contributed by atoms with E-state index >= 15 is 0 Å². The maximum Gasteiger partial charge on any atom is 0.254 e. The van der Waals surface area contributed by atoms with Gasteiger partial charge in [-0.25, -0.2) is 0 Å². The number of nitrogens with two attached hydrogens (primary N) is 1. The molecule has 0 aliphatic carbocycles. The van der Waals surface area contributed by atoms with Crippen LogP contribution in [0.4, 0.5) is 5.82 Å². The van der Waals surface area contributed by atoms with Crippen LogP contribution in [-0.4, -0.2) is 41.4 Å². The Kier molecular flexibility index (Phi) is 2.78. The fraction of sp³-hybridized carbons (Fsp3) is 0.692. The lowest BCUT2D eigenvalue weighted by Crippen LogP contribution is -2.35. The number of anilines is 1. The summed E-state index contributed by atoms with van der Waals surface area (Å²) in [6.45, 7) is 7.16. The maximum atomic E-state index is 11.7. The van der Waals surface area contributed by atoms with Crippen LogP contribution in [0.5, 0.6) is 0 Å². The van der Waals surface area contributed by atoms with Crippen LogP contribution in [0.25, 0.3) is 0 Å². The molecule has 19 heavy (non-hydrogen) atoms. The number of rotatable bonds is 2. The molecule has 0 saturated carbocycles. The summed E-state index contributed by atoms with van der Waals surface area (Å²) in [5.41, 5.74) is 6.81. The maximum absolute atomic E-state index is 11.7. The number of aromatic nitrogens is 2. The zero-order chi connectivity index (χ0) is 13.7. The predicted octanol–water partition coefficient (Wildman–Crippen LogP) is -0.128. The molecule has 1 amide bonds. The second-order valence-electron chi connectivity index (χ2n) is 5.75. The molecule has 2 aliphatic rings. The van der Waals surface area contributed by atoms with Crippen LogP contribution in [0.1, 0.15) is 23.0 Å². The minimum absolute atomic E-state index is 0.386. The number of nitrogens with one attached hydrogen (secondary N) is 1. The monoisotopic (exact) mass is 263 g/mol. The van der Waals surface area contributed by atoms with Crippen molar-refractivity contribution in [1.29, 1.82) is 0 Å². The first-order valence-electron chi connectivity index (χ1n) is 6.81. The van der Waals surface area contributed by atoms with Gasteiger partial charge in [0.2, 0.25) is 0 Å². The lowest BCUT2D eigenvalue weighted by atomic mass is 9.95. The van der Waals surface area contributed by atoms with Crippen molar-refractivity contribution in [2.75, 3.05) is 24.5 Å². The van der Waals surface area contributed by atoms with E-state index in [-0.39, 0.29) is 5.91 Å². The summed E-state index contributed by atoms with van der Waals surface area (Å²) in [7, 11) is 1.88. The third kappa shape index (κ3) is 1.74. The van der Waals surface area contributed by atoms with Crippen LogP contribution < -0.4 is 16.0 Å². The molecule has 1 aromatic rings. The first-order chi connectivity index (χ1) is 9.00. The van der Waals surface area contributed by atoms with E-state index in [4.69, 9.17) is 5.73 Å². The van der Waals surface area contributed by atoms with Crippen molar-refractivity contribution in [3.05, 3.63) is 11.3 Å². The van der Waals surface area contributed by atoms with Crippen molar-refractivity contribution in [2.24, 2.45) is 24.6 Å². The average Bonchev–Trinajstić information content (AvgIpc) is 2.95. The van der Waals surface area contributed by atoms with Gasteiger partial charge in [-0.3, -0.25) is 9.48 Å². The number of fused-ring (bicyclic) bond motifs is 1. The van der Waals surface area contributed by atoms with Gasteiger partial charge in [-0.2, -0.15) is 5.10 Å². The molecule has 3 unspecified atom stereocenters. The van der Waals surface area contributed by atoms with Crippen molar-refractivity contribution in [3.8, 4) is 0 Å². The van der Waals surface area contributed by atoms with Gasteiger partial charge in [0, 0.05) is 32.7 Å². The van der Waals surface area contributed by atoms with Crippen LogP contribution in [-0.2, 0) is 7.05 Å².